The highest BCUT2D eigenvalue weighted by atomic mass is 32.1. The number of amides is 2. The minimum absolute atomic E-state index is 0.0425. The SMILES string of the molecule is CNC(=O)C1(C)CN(C(=O)Cc2cccs2)CCO1. The Morgan fingerprint density at radius 2 is 2.37 bits per heavy atom. The van der Waals surface area contributed by atoms with Crippen LogP contribution in [0.5, 0.6) is 0 Å². The molecule has 2 rings (SSSR count). The largest absolute Gasteiger partial charge is 0.362 e. The first-order valence-corrected chi connectivity index (χ1v) is 7.09. The van der Waals surface area contributed by atoms with Gasteiger partial charge in [-0.2, -0.15) is 0 Å². The van der Waals surface area contributed by atoms with Crippen molar-refractivity contribution in [3.05, 3.63) is 22.4 Å². The minimum atomic E-state index is -0.946. The first-order valence-electron chi connectivity index (χ1n) is 6.21. The molecule has 1 aromatic rings. The number of morpholine rings is 1. The van der Waals surface area contributed by atoms with Crippen molar-refractivity contribution in [2.24, 2.45) is 0 Å². The van der Waals surface area contributed by atoms with Crippen LogP contribution in [0.3, 0.4) is 0 Å². The second-order valence-electron chi connectivity index (χ2n) is 4.73. The first-order chi connectivity index (χ1) is 9.05. The van der Waals surface area contributed by atoms with E-state index in [0.29, 0.717) is 26.1 Å². The highest BCUT2D eigenvalue weighted by Crippen LogP contribution is 2.19. The van der Waals surface area contributed by atoms with Gasteiger partial charge in [-0.25, -0.2) is 0 Å². The van der Waals surface area contributed by atoms with Gasteiger partial charge >= 0.3 is 0 Å². The van der Waals surface area contributed by atoms with Gasteiger partial charge in [-0.15, -0.1) is 11.3 Å². The maximum absolute atomic E-state index is 12.2. The van der Waals surface area contributed by atoms with Gasteiger partial charge in [0.1, 0.15) is 0 Å². The van der Waals surface area contributed by atoms with Crippen molar-refractivity contribution >= 4 is 23.2 Å². The van der Waals surface area contributed by atoms with Gasteiger partial charge in [0.25, 0.3) is 5.91 Å². The molecule has 1 N–H and O–H groups in total. The fourth-order valence-corrected chi connectivity index (χ4v) is 2.85. The lowest BCUT2D eigenvalue weighted by Crippen LogP contribution is -2.59. The Morgan fingerprint density at radius 3 is 3.00 bits per heavy atom. The molecule has 104 valence electrons. The summed E-state index contributed by atoms with van der Waals surface area (Å²) in [4.78, 5) is 26.8. The lowest BCUT2D eigenvalue weighted by Gasteiger charge is -2.39. The van der Waals surface area contributed by atoms with E-state index in [1.807, 2.05) is 17.5 Å². The number of hydrogen-bond acceptors (Lipinski definition) is 4. The van der Waals surface area contributed by atoms with Crippen LogP contribution in [0.4, 0.5) is 0 Å². The van der Waals surface area contributed by atoms with Crippen molar-refractivity contribution in [2.45, 2.75) is 18.9 Å². The molecule has 0 aromatic carbocycles. The normalized spacial score (nSPS) is 23.2. The monoisotopic (exact) mass is 282 g/mol. The Balaban J connectivity index is 2.01. The number of ether oxygens (including phenoxy) is 1. The maximum atomic E-state index is 12.2. The summed E-state index contributed by atoms with van der Waals surface area (Å²) < 4.78 is 5.53. The third-order valence-corrected chi connectivity index (χ3v) is 4.12. The van der Waals surface area contributed by atoms with E-state index in [1.54, 1.807) is 30.2 Å². The van der Waals surface area contributed by atoms with Gasteiger partial charge in [-0.05, 0) is 18.4 Å². The number of likely N-dealkylation sites (N-methyl/N-ethyl adjacent to an activating group) is 1. The van der Waals surface area contributed by atoms with Gasteiger partial charge in [-0.3, -0.25) is 9.59 Å². The lowest BCUT2D eigenvalue weighted by atomic mass is 10.0. The summed E-state index contributed by atoms with van der Waals surface area (Å²) in [5.74, 6) is -0.151. The van der Waals surface area contributed by atoms with Crippen molar-refractivity contribution < 1.29 is 14.3 Å². The number of thiophene rings is 1. The fraction of sp³-hybridized carbons (Fsp3) is 0.538. The maximum Gasteiger partial charge on any atom is 0.253 e. The Kier molecular flexibility index (Phi) is 4.21. The molecular weight excluding hydrogens is 264 g/mol. The number of carbonyl (C=O) groups excluding carboxylic acids is 2. The van der Waals surface area contributed by atoms with Crippen LogP contribution in [0.15, 0.2) is 17.5 Å². The molecule has 0 radical (unpaired) electrons. The van der Waals surface area contributed by atoms with Crippen LogP contribution in [0.2, 0.25) is 0 Å². The zero-order valence-electron chi connectivity index (χ0n) is 11.1. The van der Waals surface area contributed by atoms with E-state index in [4.69, 9.17) is 4.74 Å². The topological polar surface area (TPSA) is 58.6 Å². The summed E-state index contributed by atoms with van der Waals surface area (Å²) in [6, 6.07) is 3.88. The van der Waals surface area contributed by atoms with Crippen molar-refractivity contribution in [3.8, 4) is 0 Å². The summed E-state index contributed by atoms with van der Waals surface area (Å²) in [6.07, 6.45) is 0.390. The van der Waals surface area contributed by atoms with Gasteiger partial charge in [-0.1, -0.05) is 6.07 Å². The zero-order chi connectivity index (χ0) is 13.9. The molecule has 5 nitrogen and oxygen atoms in total. The number of nitrogens with zero attached hydrogens (tertiary/aromatic N) is 1. The van der Waals surface area contributed by atoms with Crippen LogP contribution < -0.4 is 5.32 Å². The molecule has 1 atom stereocenters. The third-order valence-electron chi connectivity index (χ3n) is 3.24. The van der Waals surface area contributed by atoms with E-state index < -0.39 is 5.60 Å². The molecule has 1 aliphatic heterocycles. The van der Waals surface area contributed by atoms with E-state index in [0.717, 1.165) is 4.88 Å². The van der Waals surface area contributed by atoms with Crippen molar-refractivity contribution in [1.29, 1.82) is 0 Å². The van der Waals surface area contributed by atoms with Crippen LogP contribution in [0, 0.1) is 0 Å². The van der Waals surface area contributed by atoms with E-state index in [2.05, 4.69) is 5.32 Å². The smallest absolute Gasteiger partial charge is 0.253 e. The van der Waals surface area contributed by atoms with Crippen LogP contribution in [-0.4, -0.2) is 49.1 Å². The summed E-state index contributed by atoms with van der Waals surface area (Å²) in [5, 5.41) is 4.54. The van der Waals surface area contributed by atoms with Gasteiger partial charge in [0.15, 0.2) is 5.60 Å². The standard InChI is InChI=1S/C13H18N2O3S/c1-13(12(17)14-2)9-15(5-6-18-13)11(16)8-10-4-3-7-19-10/h3-4,7H,5-6,8-9H2,1-2H3,(H,14,17). The summed E-state index contributed by atoms with van der Waals surface area (Å²) in [5.41, 5.74) is -0.946. The Morgan fingerprint density at radius 1 is 1.58 bits per heavy atom. The number of carbonyl (C=O) groups is 2. The average molecular weight is 282 g/mol. The lowest BCUT2D eigenvalue weighted by molar-refractivity contribution is -0.162. The molecule has 0 aliphatic carbocycles. The first kappa shape index (κ1) is 14.0. The van der Waals surface area contributed by atoms with E-state index in [9.17, 15) is 9.59 Å². The van der Waals surface area contributed by atoms with Gasteiger partial charge in [0.05, 0.1) is 19.6 Å². The van der Waals surface area contributed by atoms with Crippen LogP contribution >= 0.6 is 11.3 Å². The zero-order valence-corrected chi connectivity index (χ0v) is 12.0. The third kappa shape index (κ3) is 3.13. The highest BCUT2D eigenvalue weighted by molar-refractivity contribution is 7.10. The molecule has 1 unspecified atom stereocenters. The summed E-state index contributed by atoms with van der Waals surface area (Å²) in [7, 11) is 1.57. The second kappa shape index (κ2) is 5.71. The number of nitrogens with one attached hydrogen (secondary N) is 1. The van der Waals surface area contributed by atoms with E-state index in [1.165, 1.54) is 0 Å². The molecule has 19 heavy (non-hydrogen) atoms. The molecule has 0 spiro atoms. The average Bonchev–Trinajstić information content (AvgIpc) is 2.90. The number of hydrogen-bond donors (Lipinski definition) is 1. The summed E-state index contributed by atoms with van der Waals surface area (Å²) >= 11 is 1.57. The van der Waals surface area contributed by atoms with Gasteiger partial charge in [0.2, 0.25) is 5.91 Å². The Bertz CT molecular complexity index is 460. The molecule has 0 saturated carbocycles. The quantitative estimate of drug-likeness (QED) is 0.886. The highest BCUT2D eigenvalue weighted by Gasteiger charge is 2.40. The van der Waals surface area contributed by atoms with Crippen LogP contribution in [0.25, 0.3) is 0 Å². The van der Waals surface area contributed by atoms with Crippen LogP contribution in [-0.2, 0) is 20.7 Å². The number of rotatable bonds is 3. The van der Waals surface area contributed by atoms with Gasteiger partial charge < -0.3 is 15.0 Å². The predicted octanol–water partition coefficient (Wildman–Crippen LogP) is 0.654. The molecule has 1 aliphatic rings. The molecular formula is C13H18N2O3S. The molecule has 1 aromatic heterocycles. The van der Waals surface area contributed by atoms with E-state index in [-0.39, 0.29) is 11.8 Å². The Labute approximate surface area is 116 Å². The van der Waals surface area contributed by atoms with Crippen molar-refractivity contribution in [1.82, 2.24) is 10.2 Å². The molecule has 2 heterocycles. The Hall–Kier alpha value is -1.40. The van der Waals surface area contributed by atoms with Gasteiger partial charge in [0, 0.05) is 18.5 Å². The van der Waals surface area contributed by atoms with Crippen molar-refractivity contribution in [2.75, 3.05) is 26.7 Å². The van der Waals surface area contributed by atoms with E-state index >= 15 is 0 Å². The van der Waals surface area contributed by atoms with Crippen LogP contribution in [0.1, 0.15) is 11.8 Å². The molecule has 1 fully saturated rings. The fourth-order valence-electron chi connectivity index (χ4n) is 2.16. The van der Waals surface area contributed by atoms with Crippen molar-refractivity contribution in [3.63, 3.8) is 0 Å². The second-order valence-corrected chi connectivity index (χ2v) is 5.76. The molecule has 0 bridgehead atoms. The molecule has 2 amide bonds. The minimum Gasteiger partial charge on any atom is -0.362 e. The summed E-state index contributed by atoms with van der Waals surface area (Å²) in [6.45, 7) is 2.95. The predicted molar refractivity (Wildman–Crippen MR) is 73.0 cm³/mol. The molecule has 6 heteroatoms. The molecule has 1 saturated heterocycles.